The molecule has 1 saturated heterocycles. The lowest BCUT2D eigenvalue weighted by atomic mass is 9.87. The number of hydrogen-bond donors (Lipinski definition) is 2. The van der Waals surface area contributed by atoms with Gasteiger partial charge in [-0.1, -0.05) is 12.1 Å². The Bertz CT molecular complexity index is 1420. The highest BCUT2D eigenvalue weighted by Gasteiger charge is 2.67. The van der Waals surface area contributed by atoms with E-state index >= 15 is 0 Å². The Morgan fingerprint density at radius 3 is 2.40 bits per heavy atom. The van der Waals surface area contributed by atoms with E-state index in [0.717, 1.165) is 6.07 Å². The molecule has 13 heteroatoms. The number of fused-ring (bicyclic) bond motifs is 1. The maximum atomic E-state index is 14.8. The number of nitrogens with two attached hydrogens (primary N) is 2. The predicted molar refractivity (Wildman–Crippen MR) is 142 cm³/mol. The maximum Gasteiger partial charge on any atom is 0.401 e. The molecular formula is C29H34F5N6O2+. The second kappa shape index (κ2) is 11.2. The zero-order valence-corrected chi connectivity index (χ0v) is 23.3. The zero-order chi connectivity index (χ0) is 30.4. The van der Waals surface area contributed by atoms with Crippen molar-refractivity contribution >= 4 is 17.5 Å². The van der Waals surface area contributed by atoms with Crippen molar-refractivity contribution in [1.29, 1.82) is 0 Å². The third-order valence-corrected chi connectivity index (χ3v) is 8.93. The van der Waals surface area contributed by atoms with Crippen molar-refractivity contribution < 1.29 is 37.0 Å². The second-order valence-electron chi connectivity index (χ2n) is 11.8. The first kappa shape index (κ1) is 29.8. The number of nitrogens with zero attached hydrogens (tertiary/aromatic N) is 4. The van der Waals surface area contributed by atoms with Gasteiger partial charge >= 0.3 is 6.18 Å². The molecule has 1 aromatic carbocycles. The SMILES string of the molecule is CC(=[NH2+])/C=C(\C(N)=O)C1CCN(C(=O)C[C@@H]2CC[C@@H](c3cccc(F)c3F)Cn3c2nnc3C2(C(F)(F)F)CC2)CC1. The van der Waals surface area contributed by atoms with Crippen LogP contribution in [0.25, 0.3) is 0 Å². The first-order chi connectivity index (χ1) is 19.8. The van der Waals surface area contributed by atoms with E-state index in [9.17, 15) is 31.5 Å². The van der Waals surface area contributed by atoms with Crippen molar-refractivity contribution in [2.75, 3.05) is 13.1 Å². The molecule has 0 radical (unpaired) electrons. The molecule has 0 spiro atoms. The predicted octanol–water partition coefficient (Wildman–Crippen LogP) is 3.07. The van der Waals surface area contributed by atoms with E-state index in [2.05, 4.69) is 10.2 Å². The highest BCUT2D eigenvalue weighted by atomic mass is 19.4. The van der Waals surface area contributed by atoms with Gasteiger partial charge in [-0.15, -0.1) is 10.2 Å². The molecule has 3 aliphatic rings. The number of primary amides is 1. The number of carbonyl (C=O) groups excluding carboxylic acids is 2. The normalized spacial score (nSPS) is 22.8. The molecule has 2 amide bonds. The van der Waals surface area contributed by atoms with E-state index in [-0.39, 0.29) is 54.8 Å². The largest absolute Gasteiger partial charge is 0.401 e. The molecule has 1 aromatic heterocycles. The number of alkyl halides is 3. The molecule has 0 bridgehead atoms. The Morgan fingerprint density at radius 1 is 1.12 bits per heavy atom. The molecule has 2 fully saturated rings. The van der Waals surface area contributed by atoms with Crippen molar-refractivity contribution in [2.24, 2.45) is 11.7 Å². The van der Waals surface area contributed by atoms with Crippen LogP contribution in [0.5, 0.6) is 0 Å². The third kappa shape index (κ3) is 5.57. The summed E-state index contributed by atoms with van der Waals surface area (Å²) in [6.45, 7) is 2.35. The minimum Gasteiger partial charge on any atom is -0.366 e. The fourth-order valence-electron chi connectivity index (χ4n) is 6.45. The first-order valence-electron chi connectivity index (χ1n) is 14.1. The van der Waals surface area contributed by atoms with E-state index in [1.807, 2.05) is 0 Å². The number of hydrogen-bond acceptors (Lipinski definition) is 4. The van der Waals surface area contributed by atoms with Crippen LogP contribution in [0.1, 0.15) is 80.9 Å². The molecule has 3 heterocycles. The van der Waals surface area contributed by atoms with Crippen LogP contribution >= 0.6 is 0 Å². The van der Waals surface area contributed by atoms with E-state index in [0.29, 0.717) is 50.1 Å². The van der Waals surface area contributed by atoms with E-state index in [1.54, 1.807) is 17.9 Å². The van der Waals surface area contributed by atoms with Gasteiger partial charge in [0.1, 0.15) is 17.1 Å². The number of likely N-dealkylation sites (tertiary alicyclic amines) is 1. The number of halogens is 5. The Morgan fingerprint density at radius 2 is 1.81 bits per heavy atom. The number of allylic oxidation sites excluding steroid dienone is 1. The van der Waals surface area contributed by atoms with Crippen molar-refractivity contribution in [3.63, 3.8) is 0 Å². The minimum absolute atomic E-state index is 0.0195. The zero-order valence-electron chi connectivity index (χ0n) is 23.3. The van der Waals surface area contributed by atoms with Crippen LogP contribution in [0, 0.1) is 17.6 Å². The van der Waals surface area contributed by atoms with E-state index in [1.165, 1.54) is 16.7 Å². The molecule has 2 aliphatic heterocycles. The molecule has 2 aromatic rings. The van der Waals surface area contributed by atoms with Gasteiger partial charge in [0.05, 0.1) is 0 Å². The molecule has 226 valence electrons. The Balaban J connectivity index is 1.39. The van der Waals surface area contributed by atoms with E-state index < -0.39 is 41.0 Å². The number of piperidine rings is 1. The lowest BCUT2D eigenvalue weighted by molar-refractivity contribution is -0.163. The van der Waals surface area contributed by atoms with Crippen LogP contribution < -0.4 is 11.1 Å². The number of benzene rings is 1. The van der Waals surface area contributed by atoms with Crippen LogP contribution in [0.2, 0.25) is 0 Å². The quantitative estimate of drug-likeness (QED) is 0.291. The fourth-order valence-corrected chi connectivity index (χ4v) is 6.45. The van der Waals surface area contributed by atoms with Gasteiger partial charge in [-0.3, -0.25) is 15.0 Å². The van der Waals surface area contributed by atoms with Gasteiger partial charge in [-0.05, 0) is 56.1 Å². The van der Waals surface area contributed by atoms with E-state index in [4.69, 9.17) is 11.1 Å². The summed E-state index contributed by atoms with van der Waals surface area (Å²) in [5, 5.41) is 13.9. The van der Waals surface area contributed by atoms with Gasteiger partial charge in [0.25, 0.3) is 0 Å². The molecule has 0 unspecified atom stereocenters. The summed E-state index contributed by atoms with van der Waals surface area (Å²) < 4.78 is 72.7. The number of rotatable bonds is 7. The van der Waals surface area contributed by atoms with Crippen molar-refractivity contribution in [1.82, 2.24) is 19.7 Å². The molecule has 42 heavy (non-hydrogen) atoms. The Kier molecular flexibility index (Phi) is 7.97. The fraction of sp³-hybridized carbons (Fsp3) is 0.552. The number of aromatic nitrogens is 3. The summed E-state index contributed by atoms with van der Waals surface area (Å²) in [4.78, 5) is 27.1. The van der Waals surface area contributed by atoms with Crippen LogP contribution in [0.4, 0.5) is 22.0 Å². The van der Waals surface area contributed by atoms with Crippen LogP contribution in [-0.2, 0) is 21.5 Å². The Labute approximate surface area is 239 Å². The lowest BCUT2D eigenvalue weighted by Crippen LogP contribution is -2.41. The second-order valence-corrected chi connectivity index (χ2v) is 11.8. The van der Waals surface area contributed by atoms with Crippen LogP contribution in [0.15, 0.2) is 29.8 Å². The van der Waals surface area contributed by atoms with Gasteiger partial charge in [0.2, 0.25) is 11.8 Å². The topological polar surface area (TPSA) is 120 Å². The molecular weight excluding hydrogens is 559 g/mol. The highest BCUT2D eigenvalue weighted by molar-refractivity contribution is 6.00. The molecule has 5 rings (SSSR count). The molecule has 8 nitrogen and oxygen atoms in total. The maximum absolute atomic E-state index is 14.8. The summed E-state index contributed by atoms with van der Waals surface area (Å²) in [6.07, 6.45) is -1.59. The monoisotopic (exact) mass is 593 g/mol. The van der Waals surface area contributed by atoms with Crippen molar-refractivity contribution in [2.45, 2.75) is 81.8 Å². The highest BCUT2D eigenvalue weighted by Crippen LogP contribution is 2.59. The van der Waals surface area contributed by atoms with Gasteiger partial charge in [-0.25, -0.2) is 8.78 Å². The summed E-state index contributed by atoms with van der Waals surface area (Å²) in [7, 11) is 0. The summed E-state index contributed by atoms with van der Waals surface area (Å²) in [5.41, 5.74) is 4.36. The number of carbonyl (C=O) groups is 2. The van der Waals surface area contributed by atoms with Gasteiger partial charge < -0.3 is 15.2 Å². The molecule has 1 saturated carbocycles. The summed E-state index contributed by atoms with van der Waals surface area (Å²) in [6, 6.07) is 3.81. The molecule has 4 N–H and O–H groups in total. The summed E-state index contributed by atoms with van der Waals surface area (Å²) >= 11 is 0. The summed E-state index contributed by atoms with van der Waals surface area (Å²) in [5.74, 6) is -4.12. The van der Waals surface area contributed by atoms with Gasteiger partial charge in [0, 0.05) is 56.5 Å². The smallest absolute Gasteiger partial charge is 0.366 e. The third-order valence-electron chi connectivity index (χ3n) is 8.93. The van der Waals surface area contributed by atoms with Crippen molar-refractivity contribution in [3.05, 3.63) is 58.7 Å². The van der Waals surface area contributed by atoms with Crippen LogP contribution in [0.3, 0.4) is 0 Å². The van der Waals surface area contributed by atoms with Gasteiger partial charge in [-0.2, -0.15) is 13.2 Å². The first-order valence-corrected chi connectivity index (χ1v) is 14.1. The van der Waals surface area contributed by atoms with Crippen LogP contribution in [-0.4, -0.2) is 56.5 Å². The lowest BCUT2D eigenvalue weighted by Gasteiger charge is -2.33. The van der Waals surface area contributed by atoms with Gasteiger partial charge in [0.15, 0.2) is 17.3 Å². The Hall–Kier alpha value is -3.64. The number of amides is 2. The average Bonchev–Trinajstić information content (AvgIpc) is 3.68. The molecule has 2 atom stereocenters. The molecule has 1 aliphatic carbocycles. The minimum atomic E-state index is -4.54. The standard InChI is InChI=1S/C29H33F5N6O2/c1-16(35)13-21(25(36)42)17-7-11-39(12-8-17)23(41)14-18-5-6-19(20-3-2-4-22(30)24(20)31)15-40-26(18)37-38-27(40)28(9-10-28)29(32,33)34/h2-4,13,17-19,35H,5-12,14-15H2,1H3,(H2,36,42)/p+1/b21-13-,35-16?/t18-,19+/m0/s1. The average molecular weight is 594 g/mol. The van der Waals surface area contributed by atoms with Crippen molar-refractivity contribution in [3.8, 4) is 0 Å².